The van der Waals surface area contributed by atoms with Gasteiger partial charge in [-0.25, -0.2) is 13.2 Å². The first-order chi connectivity index (χ1) is 16.6. The second-order valence-corrected chi connectivity index (χ2v) is 12.3. The number of carbonyl (C=O) groups is 1. The minimum atomic E-state index is -4.72. The molecule has 1 aliphatic heterocycles. The summed E-state index contributed by atoms with van der Waals surface area (Å²) in [6, 6.07) is 7.15. The molecule has 1 heterocycles. The highest BCUT2D eigenvalue weighted by atomic mass is 35.5. The molecule has 6 nitrogen and oxygen atoms in total. The quantitative estimate of drug-likeness (QED) is 0.400. The van der Waals surface area contributed by atoms with Crippen molar-refractivity contribution >= 4 is 45.6 Å². The summed E-state index contributed by atoms with van der Waals surface area (Å²) in [6.07, 6.45) is -3.94. The summed E-state index contributed by atoms with van der Waals surface area (Å²) in [5.41, 5.74) is -1.95. The van der Waals surface area contributed by atoms with Gasteiger partial charge < -0.3 is 9.64 Å². The zero-order chi connectivity index (χ0) is 26.9. The first-order valence-electron chi connectivity index (χ1n) is 11.2. The zero-order valence-electron chi connectivity index (χ0n) is 19.9. The highest BCUT2D eigenvalue weighted by molar-refractivity contribution is 7.91. The largest absolute Gasteiger partial charge is 0.444 e. The second-order valence-electron chi connectivity index (χ2n) is 9.68. The van der Waals surface area contributed by atoms with Crippen LogP contribution < -0.4 is 0 Å². The van der Waals surface area contributed by atoms with Crippen LogP contribution in [0.15, 0.2) is 45.7 Å². The van der Waals surface area contributed by atoms with Gasteiger partial charge in [0.25, 0.3) is 0 Å². The fourth-order valence-corrected chi connectivity index (χ4v) is 6.15. The van der Waals surface area contributed by atoms with Gasteiger partial charge in [0.05, 0.1) is 26.9 Å². The Balaban J connectivity index is 1.81. The molecule has 1 atom stereocenters. The standard InChI is InChI=1S/C24H26ClF3N2O4S2/c1-23(2,3)34-22(31)30-10-4-5-15(13-30)14-36(32,33)18-8-6-16(7-9-18)21-19(24(26,27)28)11-17(29-35)12-20(21)25/h6-9,11-12,15H,4-5,10,13-14H2,1-3H3. The first-order valence-corrected chi connectivity index (χ1v) is 13.6. The SMILES string of the molecule is CC(C)(C)OC(=O)N1CCCC(CS(=O)(=O)c2ccc(-c3c(Cl)cc(N=S)cc3C(F)(F)F)cc2)C1. The van der Waals surface area contributed by atoms with Gasteiger partial charge in [-0.3, -0.25) is 0 Å². The van der Waals surface area contributed by atoms with Crippen molar-refractivity contribution in [2.45, 2.75) is 50.3 Å². The van der Waals surface area contributed by atoms with Crippen LogP contribution in [-0.2, 0) is 33.2 Å². The first kappa shape index (κ1) is 28.3. The van der Waals surface area contributed by atoms with E-state index in [9.17, 15) is 26.4 Å². The maximum absolute atomic E-state index is 13.7. The molecular formula is C24H26ClF3N2O4S2. The van der Waals surface area contributed by atoms with E-state index in [-0.39, 0.29) is 44.9 Å². The number of halogens is 4. The molecule has 0 radical (unpaired) electrons. The van der Waals surface area contributed by atoms with Gasteiger partial charge in [-0.2, -0.15) is 17.5 Å². The van der Waals surface area contributed by atoms with Crippen LogP contribution in [0.2, 0.25) is 5.02 Å². The van der Waals surface area contributed by atoms with Gasteiger partial charge in [-0.1, -0.05) is 23.7 Å². The molecule has 0 aromatic heterocycles. The Labute approximate surface area is 218 Å². The van der Waals surface area contributed by atoms with Crippen LogP contribution in [-0.4, -0.2) is 43.9 Å². The van der Waals surface area contributed by atoms with Crippen molar-refractivity contribution in [2.75, 3.05) is 18.8 Å². The molecule has 0 spiro atoms. The van der Waals surface area contributed by atoms with Crippen molar-refractivity contribution in [3.8, 4) is 11.1 Å². The minimum absolute atomic E-state index is 0.0255. The summed E-state index contributed by atoms with van der Waals surface area (Å²) in [5, 5.41) is -0.200. The number of hydrogen-bond acceptors (Lipinski definition) is 6. The van der Waals surface area contributed by atoms with E-state index in [0.29, 0.717) is 19.4 Å². The third-order valence-corrected chi connectivity index (χ3v) is 8.02. The van der Waals surface area contributed by atoms with E-state index in [1.54, 1.807) is 20.8 Å². The van der Waals surface area contributed by atoms with Crippen LogP contribution in [0.25, 0.3) is 11.1 Å². The van der Waals surface area contributed by atoms with E-state index in [1.165, 1.54) is 35.2 Å². The van der Waals surface area contributed by atoms with Crippen molar-refractivity contribution in [1.29, 1.82) is 0 Å². The molecule has 1 amide bonds. The number of nitrogens with zero attached hydrogens (tertiary/aromatic N) is 2. The molecule has 2 aromatic carbocycles. The van der Waals surface area contributed by atoms with E-state index in [1.807, 2.05) is 0 Å². The molecule has 12 heteroatoms. The summed E-state index contributed by atoms with van der Waals surface area (Å²) in [4.78, 5) is 13.9. The average Bonchev–Trinajstić information content (AvgIpc) is 2.76. The third-order valence-electron chi connectivity index (χ3n) is 5.61. The van der Waals surface area contributed by atoms with E-state index >= 15 is 0 Å². The molecule has 1 aliphatic rings. The lowest BCUT2D eigenvalue weighted by Gasteiger charge is -2.34. The van der Waals surface area contributed by atoms with Crippen molar-refractivity contribution in [1.82, 2.24) is 4.90 Å². The third kappa shape index (κ3) is 6.95. The van der Waals surface area contributed by atoms with Gasteiger partial charge in [0.15, 0.2) is 9.84 Å². The molecule has 0 saturated carbocycles. The lowest BCUT2D eigenvalue weighted by atomic mass is 9.98. The lowest BCUT2D eigenvalue weighted by Crippen LogP contribution is -2.44. The topological polar surface area (TPSA) is 76.0 Å². The normalized spacial score (nSPS) is 17.1. The van der Waals surface area contributed by atoms with Gasteiger partial charge in [-0.15, -0.1) is 0 Å². The van der Waals surface area contributed by atoms with Crippen molar-refractivity contribution in [3.05, 3.63) is 47.0 Å². The number of rotatable bonds is 5. The van der Waals surface area contributed by atoms with Gasteiger partial charge in [0, 0.05) is 31.1 Å². The molecule has 196 valence electrons. The van der Waals surface area contributed by atoms with Gasteiger partial charge in [0.1, 0.15) is 5.60 Å². The van der Waals surface area contributed by atoms with Crippen LogP contribution >= 0.6 is 11.6 Å². The number of benzene rings is 2. The molecule has 3 rings (SSSR count). The Bertz CT molecular complexity index is 1240. The molecule has 36 heavy (non-hydrogen) atoms. The van der Waals surface area contributed by atoms with E-state index in [4.69, 9.17) is 16.3 Å². The average molecular weight is 563 g/mol. The predicted octanol–water partition coefficient (Wildman–Crippen LogP) is 6.81. The highest BCUT2D eigenvalue weighted by Crippen LogP contribution is 2.43. The molecule has 1 saturated heterocycles. The van der Waals surface area contributed by atoms with E-state index in [0.717, 1.165) is 6.07 Å². The molecule has 0 N–H and O–H groups in total. The Hall–Kier alpha value is -2.24. The second kappa shape index (κ2) is 10.6. The molecular weight excluding hydrogens is 537 g/mol. The smallest absolute Gasteiger partial charge is 0.417 e. The predicted molar refractivity (Wildman–Crippen MR) is 134 cm³/mol. The van der Waals surface area contributed by atoms with Gasteiger partial charge in [-0.05, 0) is 69.4 Å². The molecule has 0 aliphatic carbocycles. The number of amides is 1. The number of alkyl halides is 3. The Morgan fingerprint density at radius 1 is 1.19 bits per heavy atom. The zero-order valence-corrected chi connectivity index (χ0v) is 22.3. The van der Waals surface area contributed by atoms with Crippen molar-refractivity contribution in [2.24, 2.45) is 10.3 Å². The van der Waals surface area contributed by atoms with Crippen LogP contribution in [0.1, 0.15) is 39.2 Å². The number of ether oxygens (including phenoxy) is 1. The lowest BCUT2D eigenvalue weighted by molar-refractivity contribution is -0.137. The Kier molecular flexibility index (Phi) is 8.36. The van der Waals surface area contributed by atoms with Gasteiger partial charge >= 0.3 is 12.3 Å². The molecule has 0 bridgehead atoms. The fraction of sp³-hybridized carbons (Fsp3) is 0.458. The van der Waals surface area contributed by atoms with Crippen LogP contribution in [0, 0.1) is 5.92 Å². The Morgan fingerprint density at radius 2 is 1.83 bits per heavy atom. The maximum atomic E-state index is 13.7. The van der Waals surface area contributed by atoms with Crippen LogP contribution in [0.4, 0.5) is 23.7 Å². The molecule has 1 fully saturated rings. The minimum Gasteiger partial charge on any atom is -0.444 e. The highest BCUT2D eigenvalue weighted by Gasteiger charge is 2.36. The number of piperidine rings is 1. The maximum Gasteiger partial charge on any atom is 0.417 e. The van der Waals surface area contributed by atoms with Crippen LogP contribution in [0.3, 0.4) is 0 Å². The van der Waals surface area contributed by atoms with E-state index in [2.05, 4.69) is 16.8 Å². The van der Waals surface area contributed by atoms with E-state index < -0.39 is 33.3 Å². The summed E-state index contributed by atoms with van der Waals surface area (Å²) in [5.74, 6) is -0.494. The number of hydrogen-bond donors (Lipinski definition) is 0. The summed E-state index contributed by atoms with van der Waals surface area (Å²) >= 11 is 10.6. The fourth-order valence-electron chi connectivity index (χ4n) is 4.09. The van der Waals surface area contributed by atoms with Crippen molar-refractivity contribution < 1.29 is 31.1 Å². The number of sulfone groups is 1. The summed E-state index contributed by atoms with van der Waals surface area (Å²) in [7, 11) is -3.77. The van der Waals surface area contributed by atoms with Crippen molar-refractivity contribution in [3.63, 3.8) is 0 Å². The summed E-state index contributed by atoms with van der Waals surface area (Å²) in [6.45, 7) is 6.01. The van der Waals surface area contributed by atoms with Gasteiger partial charge in [0.2, 0.25) is 0 Å². The Morgan fingerprint density at radius 3 is 2.39 bits per heavy atom. The van der Waals surface area contributed by atoms with Crippen LogP contribution in [0.5, 0.6) is 0 Å². The number of carbonyl (C=O) groups excluding carboxylic acids is 1. The monoisotopic (exact) mass is 562 g/mol. The molecule has 2 aromatic rings. The summed E-state index contributed by atoms with van der Waals surface area (Å²) < 4.78 is 75.9. The number of likely N-dealkylation sites (tertiary alicyclic amines) is 1. The molecule has 1 unspecified atom stereocenters.